The lowest BCUT2D eigenvalue weighted by molar-refractivity contribution is -0.384. The highest BCUT2D eigenvalue weighted by molar-refractivity contribution is 5.98. The van der Waals surface area contributed by atoms with Crippen molar-refractivity contribution in [3.8, 4) is 0 Å². The fourth-order valence-corrected chi connectivity index (χ4v) is 2.89. The number of nitrogens with zero attached hydrogens (tertiary/aromatic N) is 2. The zero-order chi connectivity index (χ0) is 19.4. The maximum absolute atomic E-state index is 12.7. The number of benzene rings is 2. The second-order valence-electron chi connectivity index (χ2n) is 6.01. The van der Waals surface area contributed by atoms with E-state index in [2.05, 4.69) is 4.98 Å². The summed E-state index contributed by atoms with van der Waals surface area (Å²) in [6.45, 7) is 2.05. The molecule has 3 rings (SSSR count). The number of rotatable bonds is 6. The average molecular weight is 366 g/mol. The summed E-state index contributed by atoms with van der Waals surface area (Å²) >= 11 is 0. The number of pyridine rings is 1. The number of hydrogen-bond acceptors (Lipinski definition) is 6. The lowest BCUT2D eigenvalue weighted by atomic mass is 10.0. The molecular formula is C20H18N2O5. The van der Waals surface area contributed by atoms with Gasteiger partial charge in [-0.3, -0.25) is 10.1 Å². The van der Waals surface area contributed by atoms with Crippen LogP contribution in [-0.4, -0.2) is 23.0 Å². The van der Waals surface area contributed by atoms with E-state index < -0.39 is 10.9 Å². The van der Waals surface area contributed by atoms with Crippen LogP contribution in [0, 0.1) is 17.0 Å². The third-order valence-corrected chi connectivity index (χ3v) is 4.23. The van der Waals surface area contributed by atoms with Gasteiger partial charge in [0.1, 0.15) is 6.61 Å². The molecule has 3 aromatic rings. The number of esters is 1. The van der Waals surface area contributed by atoms with Gasteiger partial charge in [0.15, 0.2) is 0 Å². The second kappa shape index (κ2) is 7.92. The van der Waals surface area contributed by atoms with Crippen molar-refractivity contribution in [2.24, 2.45) is 0 Å². The van der Waals surface area contributed by atoms with Gasteiger partial charge in [-0.1, -0.05) is 18.2 Å². The molecule has 1 aromatic heterocycles. The van der Waals surface area contributed by atoms with Gasteiger partial charge in [-0.25, -0.2) is 9.78 Å². The van der Waals surface area contributed by atoms with E-state index in [-0.39, 0.29) is 18.9 Å². The SMILES string of the molecule is COCc1nc2ccccc2c(C)c1C(=O)OCc1ccc([N+](=O)[O-])cc1. The lowest BCUT2D eigenvalue weighted by Crippen LogP contribution is -2.13. The Morgan fingerprint density at radius 2 is 1.81 bits per heavy atom. The highest BCUT2D eigenvalue weighted by atomic mass is 16.6. The molecule has 0 spiro atoms. The van der Waals surface area contributed by atoms with E-state index in [1.807, 2.05) is 31.2 Å². The van der Waals surface area contributed by atoms with E-state index in [4.69, 9.17) is 9.47 Å². The molecule has 0 aliphatic rings. The van der Waals surface area contributed by atoms with Gasteiger partial charge in [0.2, 0.25) is 0 Å². The minimum Gasteiger partial charge on any atom is -0.457 e. The molecule has 2 aromatic carbocycles. The van der Waals surface area contributed by atoms with Crippen molar-refractivity contribution < 1.29 is 19.2 Å². The minimum absolute atomic E-state index is 0.00944. The molecule has 0 amide bonds. The maximum atomic E-state index is 12.7. The van der Waals surface area contributed by atoms with E-state index in [1.165, 1.54) is 19.2 Å². The number of hydrogen-bond donors (Lipinski definition) is 0. The smallest absolute Gasteiger partial charge is 0.340 e. The molecule has 0 aliphatic carbocycles. The molecule has 1 heterocycles. The number of ether oxygens (including phenoxy) is 2. The molecule has 0 radical (unpaired) electrons. The van der Waals surface area contributed by atoms with Crippen molar-refractivity contribution in [3.05, 3.63) is 81.0 Å². The fraction of sp³-hybridized carbons (Fsp3) is 0.200. The third kappa shape index (κ3) is 3.93. The zero-order valence-corrected chi connectivity index (χ0v) is 15.0. The number of para-hydroxylation sites is 1. The standard InChI is InChI=1S/C20H18N2O5/c1-13-16-5-3-4-6-17(16)21-18(12-26-2)19(13)20(23)27-11-14-7-9-15(10-8-14)22(24)25/h3-10H,11-12H2,1-2H3. The number of non-ortho nitro benzene ring substituents is 1. The van der Waals surface area contributed by atoms with E-state index in [0.29, 0.717) is 16.8 Å². The summed E-state index contributed by atoms with van der Waals surface area (Å²) in [4.78, 5) is 27.5. The van der Waals surface area contributed by atoms with Crippen LogP contribution < -0.4 is 0 Å². The van der Waals surface area contributed by atoms with Crippen LogP contribution in [0.1, 0.15) is 27.2 Å². The number of carbonyl (C=O) groups is 1. The van der Waals surface area contributed by atoms with Crippen LogP contribution in [0.25, 0.3) is 10.9 Å². The van der Waals surface area contributed by atoms with Gasteiger partial charge in [0, 0.05) is 24.6 Å². The predicted octanol–water partition coefficient (Wildman–Crippen LogP) is 3.95. The summed E-state index contributed by atoms with van der Waals surface area (Å²) in [7, 11) is 1.54. The van der Waals surface area contributed by atoms with E-state index >= 15 is 0 Å². The Hall–Kier alpha value is -3.32. The van der Waals surface area contributed by atoms with Crippen LogP contribution in [0.4, 0.5) is 5.69 Å². The fourth-order valence-electron chi connectivity index (χ4n) is 2.89. The van der Waals surface area contributed by atoms with Crippen molar-refractivity contribution >= 4 is 22.6 Å². The first-order valence-electron chi connectivity index (χ1n) is 8.29. The number of nitro groups is 1. The molecule has 0 unspecified atom stereocenters. The van der Waals surface area contributed by atoms with Crippen molar-refractivity contribution in [3.63, 3.8) is 0 Å². The highest BCUT2D eigenvalue weighted by Gasteiger charge is 2.20. The zero-order valence-electron chi connectivity index (χ0n) is 15.0. The Labute approximate surface area is 155 Å². The highest BCUT2D eigenvalue weighted by Crippen LogP contribution is 2.24. The van der Waals surface area contributed by atoms with Crippen LogP contribution in [-0.2, 0) is 22.7 Å². The molecule has 0 atom stereocenters. The van der Waals surface area contributed by atoms with Gasteiger partial charge in [0.05, 0.1) is 28.3 Å². The summed E-state index contributed by atoms with van der Waals surface area (Å²) < 4.78 is 10.6. The van der Waals surface area contributed by atoms with Crippen molar-refractivity contribution in [2.75, 3.05) is 7.11 Å². The number of fused-ring (bicyclic) bond motifs is 1. The monoisotopic (exact) mass is 366 g/mol. The first kappa shape index (κ1) is 18.5. The quantitative estimate of drug-likeness (QED) is 0.373. The van der Waals surface area contributed by atoms with Gasteiger partial charge in [-0.15, -0.1) is 0 Å². The largest absolute Gasteiger partial charge is 0.457 e. The van der Waals surface area contributed by atoms with Gasteiger partial charge >= 0.3 is 5.97 Å². The van der Waals surface area contributed by atoms with Crippen molar-refractivity contribution in [1.82, 2.24) is 4.98 Å². The molecule has 0 saturated heterocycles. The van der Waals surface area contributed by atoms with E-state index in [1.54, 1.807) is 12.1 Å². The molecule has 7 nitrogen and oxygen atoms in total. The molecule has 0 aliphatic heterocycles. The average Bonchev–Trinajstić information content (AvgIpc) is 2.67. The molecule has 7 heteroatoms. The first-order valence-corrected chi connectivity index (χ1v) is 8.29. The first-order chi connectivity index (χ1) is 13.0. The second-order valence-corrected chi connectivity index (χ2v) is 6.01. The van der Waals surface area contributed by atoms with Crippen LogP contribution >= 0.6 is 0 Å². The van der Waals surface area contributed by atoms with Gasteiger partial charge in [-0.05, 0) is 36.2 Å². The van der Waals surface area contributed by atoms with E-state index in [9.17, 15) is 14.9 Å². The van der Waals surface area contributed by atoms with Gasteiger partial charge in [0.25, 0.3) is 5.69 Å². The van der Waals surface area contributed by atoms with Crippen molar-refractivity contribution in [1.29, 1.82) is 0 Å². The van der Waals surface area contributed by atoms with Gasteiger partial charge < -0.3 is 9.47 Å². The number of carbonyl (C=O) groups excluding carboxylic acids is 1. The van der Waals surface area contributed by atoms with Crippen LogP contribution in [0.2, 0.25) is 0 Å². The molecular weight excluding hydrogens is 348 g/mol. The Morgan fingerprint density at radius 1 is 1.11 bits per heavy atom. The third-order valence-electron chi connectivity index (χ3n) is 4.23. The molecule has 27 heavy (non-hydrogen) atoms. The van der Waals surface area contributed by atoms with E-state index in [0.717, 1.165) is 16.5 Å². The molecule has 0 fully saturated rings. The Balaban J connectivity index is 1.87. The topological polar surface area (TPSA) is 91.6 Å². The van der Waals surface area contributed by atoms with Crippen LogP contribution in [0.3, 0.4) is 0 Å². The van der Waals surface area contributed by atoms with Crippen LogP contribution in [0.15, 0.2) is 48.5 Å². The number of aromatic nitrogens is 1. The van der Waals surface area contributed by atoms with Gasteiger partial charge in [-0.2, -0.15) is 0 Å². The summed E-state index contributed by atoms with van der Waals surface area (Å²) in [5.41, 5.74) is 3.12. The Morgan fingerprint density at radius 3 is 2.48 bits per heavy atom. The summed E-state index contributed by atoms with van der Waals surface area (Å²) in [6, 6.07) is 13.4. The summed E-state index contributed by atoms with van der Waals surface area (Å²) in [5, 5.41) is 11.6. The molecule has 0 saturated carbocycles. The van der Waals surface area contributed by atoms with Crippen molar-refractivity contribution in [2.45, 2.75) is 20.1 Å². The summed E-state index contributed by atoms with van der Waals surface area (Å²) in [6.07, 6.45) is 0. The Bertz CT molecular complexity index is 999. The number of aryl methyl sites for hydroxylation is 1. The normalized spacial score (nSPS) is 10.7. The molecule has 0 bridgehead atoms. The predicted molar refractivity (Wildman–Crippen MR) is 99.4 cm³/mol. The minimum atomic E-state index is -0.504. The van der Waals surface area contributed by atoms with Crippen LogP contribution in [0.5, 0.6) is 0 Å². The Kier molecular flexibility index (Phi) is 5.42. The maximum Gasteiger partial charge on any atom is 0.340 e. The number of nitro benzene ring substituents is 1. The number of methoxy groups -OCH3 is 1. The summed E-state index contributed by atoms with van der Waals surface area (Å²) in [5.74, 6) is -0.504. The molecule has 138 valence electrons. The molecule has 0 N–H and O–H groups in total. The lowest BCUT2D eigenvalue weighted by Gasteiger charge is -2.14.